The van der Waals surface area contributed by atoms with Crippen LogP contribution in [-0.4, -0.2) is 5.78 Å². The van der Waals surface area contributed by atoms with Gasteiger partial charge in [0.1, 0.15) is 5.78 Å². The van der Waals surface area contributed by atoms with Crippen molar-refractivity contribution in [2.75, 3.05) is 0 Å². The molecule has 90 valence electrons. The summed E-state index contributed by atoms with van der Waals surface area (Å²) >= 11 is 0. The number of carbonyl (C=O) groups is 1. The van der Waals surface area contributed by atoms with Gasteiger partial charge in [0.15, 0.2) is 0 Å². The van der Waals surface area contributed by atoms with Crippen LogP contribution >= 0.6 is 0 Å². The minimum atomic E-state index is 0.194. The van der Waals surface area contributed by atoms with Crippen LogP contribution in [-0.2, 0) is 4.79 Å². The summed E-state index contributed by atoms with van der Waals surface area (Å²) in [5.41, 5.74) is 2.72. The number of benzene rings is 1. The molecule has 0 N–H and O–H groups in total. The number of ketones is 1. The molecule has 1 unspecified atom stereocenters. The molecule has 2 fully saturated rings. The van der Waals surface area contributed by atoms with E-state index in [9.17, 15) is 4.79 Å². The van der Waals surface area contributed by atoms with E-state index in [1.54, 1.807) is 0 Å². The standard InChI is InChI=1S/C16H20O/c17-16-7-2-1-6-15(16)14-10-8-13(9-11-14)12-4-3-5-12/h8-12,15H,1-7H2. The van der Waals surface area contributed by atoms with E-state index in [0.29, 0.717) is 5.78 Å². The number of carbonyl (C=O) groups excluding carboxylic acids is 1. The lowest BCUT2D eigenvalue weighted by molar-refractivity contribution is -0.121. The van der Waals surface area contributed by atoms with Crippen LogP contribution in [0.25, 0.3) is 0 Å². The van der Waals surface area contributed by atoms with Crippen molar-refractivity contribution in [1.82, 2.24) is 0 Å². The van der Waals surface area contributed by atoms with E-state index in [0.717, 1.165) is 25.2 Å². The van der Waals surface area contributed by atoms with E-state index < -0.39 is 0 Å². The molecule has 0 aliphatic heterocycles. The van der Waals surface area contributed by atoms with Crippen LogP contribution in [0.3, 0.4) is 0 Å². The summed E-state index contributed by atoms with van der Waals surface area (Å²) < 4.78 is 0. The molecule has 2 aliphatic carbocycles. The Hall–Kier alpha value is -1.11. The van der Waals surface area contributed by atoms with Gasteiger partial charge in [-0.15, -0.1) is 0 Å². The molecule has 1 aromatic rings. The maximum Gasteiger partial charge on any atom is 0.140 e. The zero-order valence-electron chi connectivity index (χ0n) is 10.3. The van der Waals surface area contributed by atoms with Crippen molar-refractivity contribution < 1.29 is 4.79 Å². The Bertz CT molecular complexity index is 400. The molecule has 0 amide bonds. The molecule has 3 rings (SSSR count). The molecule has 0 heterocycles. The normalized spacial score (nSPS) is 25.6. The SMILES string of the molecule is O=C1CCCCC1c1ccc(C2CCC2)cc1. The summed E-state index contributed by atoms with van der Waals surface area (Å²) in [4.78, 5) is 11.9. The van der Waals surface area contributed by atoms with Crippen LogP contribution in [0.5, 0.6) is 0 Å². The molecule has 2 saturated carbocycles. The Labute approximate surface area is 103 Å². The van der Waals surface area contributed by atoms with Crippen LogP contribution in [0.15, 0.2) is 24.3 Å². The number of hydrogen-bond acceptors (Lipinski definition) is 1. The van der Waals surface area contributed by atoms with E-state index in [1.165, 1.54) is 36.8 Å². The largest absolute Gasteiger partial charge is 0.299 e. The molecule has 1 nitrogen and oxygen atoms in total. The third kappa shape index (κ3) is 2.15. The second-order valence-electron chi connectivity index (χ2n) is 5.56. The van der Waals surface area contributed by atoms with E-state index in [1.807, 2.05) is 0 Å². The van der Waals surface area contributed by atoms with Crippen molar-refractivity contribution >= 4 is 5.78 Å². The smallest absolute Gasteiger partial charge is 0.140 e. The molecular weight excluding hydrogens is 208 g/mol. The zero-order valence-corrected chi connectivity index (χ0v) is 10.3. The zero-order chi connectivity index (χ0) is 11.7. The quantitative estimate of drug-likeness (QED) is 0.742. The summed E-state index contributed by atoms with van der Waals surface area (Å²) in [6, 6.07) is 8.89. The Morgan fingerprint density at radius 2 is 1.53 bits per heavy atom. The maximum atomic E-state index is 11.9. The highest BCUT2D eigenvalue weighted by Crippen LogP contribution is 2.37. The molecular formula is C16H20O. The third-order valence-electron chi connectivity index (χ3n) is 4.47. The number of hydrogen-bond donors (Lipinski definition) is 0. The predicted molar refractivity (Wildman–Crippen MR) is 69.3 cm³/mol. The van der Waals surface area contributed by atoms with E-state index >= 15 is 0 Å². The minimum absolute atomic E-state index is 0.194. The fraction of sp³-hybridized carbons (Fsp3) is 0.562. The van der Waals surface area contributed by atoms with Crippen molar-refractivity contribution in [3.05, 3.63) is 35.4 Å². The summed E-state index contributed by atoms with van der Waals surface area (Å²) in [7, 11) is 0. The van der Waals surface area contributed by atoms with Gasteiger partial charge in [0.05, 0.1) is 0 Å². The third-order valence-corrected chi connectivity index (χ3v) is 4.47. The van der Waals surface area contributed by atoms with E-state index in [4.69, 9.17) is 0 Å². The number of Topliss-reactive ketones (excluding diaryl/α,β-unsaturated/α-hetero) is 1. The molecule has 1 atom stereocenters. The molecule has 0 aromatic heterocycles. The summed E-state index contributed by atoms with van der Waals surface area (Å²) in [5, 5.41) is 0. The first-order chi connectivity index (χ1) is 8.34. The molecule has 0 saturated heterocycles. The Kier molecular flexibility index (Phi) is 3.00. The van der Waals surface area contributed by atoms with Gasteiger partial charge in [0, 0.05) is 12.3 Å². The highest BCUT2D eigenvalue weighted by atomic mass is 16.1. The fourth-order valence-corrected chi connectivity index (χ4v) is 3.08. The fourth-order valence-electron chi connectivity index (χ4n) is 3.08. The highest BCUT2D eigenvalue weighted by Gasteiger charge is 2.24. The van der Waals surface area contributed by atoms with Crippen molar-refractivity contribution in [1.29, 1.82) is 0 Å². The van der Waals surface area contributed by atoms with Crippen molar-refractivity contribution in [3.8, 4) is 0 Å². The summed E-state index contributed by atoms with van der Waals surface area (Å²) in [5.74, 6) is 1.44. The lowest BCUT2D eigenvalue weighted by atomic mass is 9.78. The van der Waals surface area contributed by atoms with Crippen molar-refractivity contribution in [3.63, 3.8) is 0 Å². The Balaban J connectivity index is 1.76. The van der Waals surface area contributed by atoms with Gasteiger partial charge in [-0.3, -0.25) is 4.79 Å². The molecule has 0 spiro atoms. The lowest BCUT2D eigenvalue weighted by Gasteiger charge is -2.26. The molecule has 0 radical (unpaired) electrons. The first-order valence-corrected chi connectivity index (χ1v) is 6.97. The van der Waals surface area contributed by atoms with Gasteiger partial charge in [0.2, 0.25) is 0 Å². The predicted octanol–water partition coefficient (Wildman–Crippen LogP) is 4.18. The summed E-state index contributed by atoms with van der Waals surface area (Å²) in [6.45, 7) is 0. The first-order valence-electron chi connectivity index (χ1n) is 6.97. The first kappa shape index (κ1) is 11.0. The highest BCUT2D eigenvalue weighted by molar-refractivity contribution is 5.86. The van der Waals surface area contributed by atoms with Crippen LogP contribution in [0, 0.1) is 0 Å². The van der Waals surface area contributed by atoms with Gasteiger partial charge in [-0.1, -0.05) is 37.1 Å². The van der Waals surface area contributed by atoms with Crippen LogP contribution in [0.2, 0.25) is 0 Å². The van der Waals surface area contributed by atoms with Gasteiger partial charge < -0.3 is 0 Å². The van der Waals surface area contributed by atoms with Gasteiger partial charge in [-0.05, 0) is 42.7 Å². The summed E-state index contributed by atoms with van der Waals surface area (Å²) in [6.07, 6.45) is 8.23. The van der Waals surface area contributed by atoms with Gasteiger partial charge in [-0.25, -0.2) is 0 Å². The van der Waals surface area contributed by atoms with Gasteiger partial charge in [-0.2, -0.15) is 0 Å². The van der Waals surface area contributed by atoms with Crippen LogP contribution in [0.1, 0.15) is 67.9 Å². The van der Waals surface area contributed by atoms with E-state index in [-0.39, 0.29) is 5.92 Å². The molecule has 17 heavy (non-hydrogen) atoms. The molecule has 1 heteroatoms. The van der Waals surface area contributed by atoms with Crippen molar-refractivity contribution in [2.24, 2.45) is 0 Å². The van der Waals surface area contributed by atoms with Gasteiger partial charge >= 0.3 is 0 Å². The topological polar surface area (TPSA) is 17.1 Å². The Morgan fingerprint density at radius 1 is 0.824 bits per heavy atom. The monoisotopic (exact) mass is 228 g/mol. The minimum Gasteiger partial charge on any atom is -0.299 e. The molecule has 2 aliphatic rings. The second-order valence-corrected chi connectivity index (χ2v) is 5.56. The average Bonchev–Trinajstić information content (AvgIpc) is 2.29. The van der Waals surface area contributed by atoms with Crippen molar-refractivity contribution in [2.45, 2.75) is 56.8 Å². The average molecular weight is 228 g/mol. The molecule has 1 aromatic carbocycles. The maximum absolute atomic E-state index is 11.9. The molecule has 0 bridgehead atoms. The lowest BCUT2D eigenvalue weighted by Crippen LogP contribution is -2.17. The van der Waals surface area contributed by atoms with Crippen LogP contribution in [0.4, 0.5) is 0 Å². The van der Waals surface area contributed by atoms with E-state index in [2.05, 4.69) is 24.3 Å². The number of rotatable bonds is 2. The second kappa shape index (κ2) is 4.64. The Morgan fingerprint density at radius 3 is 2.12 bits per heavy atom. The van der Waals surface area contributed by atoms with Gasteiger partial charge in [0.25, 0.3) is 0 Å². The van der Waals surface area contributed by atoms with Crippen LogP contribution < -0.4 is 0 Å².